The molecule has 2 unspecified atom stereocenters. The zero-order chi connectivity index (χ0) is 13.0. The molecule has 100 valence electrons. The molecule has 0 saturated carbocycles. The summed E-state index contributed by atoms with van der Waals surface area (Å²) in [5.41, 5.74) is 0.0822. The highest BCUT2D eigenvalue weighted by Crippen LogP contribution is 2.22. The van der Waals surface area contributed by atoms with E-state index in [-0.39, 0.29) is 5.82 Å². The van der Waals surface area contributed by atoms with Gasteiger partial charge in [0.2, 0.25) is 0 Å². The third-order valence-electron chi connectivity index (χ3n) is 3.57. The summed E-state index contributed by atoms with van der Waals surface area (Å²) in [5, 5.41) is 13.9. The van der Waals surface area contributed by atoms with Gasteiger partial charge in [0.1, 0.15) is 5.82 Å². The van der Waals surface area contributed by atoms with Gasteiger partial charge >= 0.3 is 0 Å². The molecule has 0 amide bonds. The summed E-state index contributed by atoms with van der Waals surface area (Å²) in [6, 6.07) is 6.89. The van der Waals surface area contributed by atoms with Gasteiger partial charge < -0.3 is 10.4 Å². The zero-order valence-corrected chi connectivity index (χ0v) is 11.0. The molecular weight excluding hydrogens is 229 g/mol. The molecule has 0 aliphatic carbocycles. The summed E-state index contributed by atoms with van der Waals surface area (Å²) < 4.78 is 13.1. The van der Waals surface area contributed by atoms with Crippen molar-refractivity contribution in [2.24, 2.45) is 0 Å². The smallest absolute Gasteiger partial charge is 0.123 e. The first-order valence-electron chi connectivity index (χ1n) is 6.75. The molecule has 0 bridgehead atoms. The molecule has 1 aliphatic heterocycles. The number of aliphatic hydroxyl groups is 1. The molecule has 0 radical (unpaired) electrons. The van der Waals surface area contributed by atoms with Gasteiger partial charge in [0.25, 0.3) is 0 Å². The van der Waals surface area contributed by atoms with Crippen LogP contribution in [-0.2, 0) is 6.42 Å². The molecule has 1 aliphatic rings. The second-order valence-electron chi connectivity index (χ2n) is 5.65. The van der Waals surface area contributed by atoms with Gasteiger partial charge in [-0.25, -0.2) is 4.39 Å². The predicted octanol–water partition coefficient (Wildman–Crippen LogP) is 2.65. The Morgan fingerprint density at radius 1 is 1.44 bits per heavy atom. The molecule has 18 heavy (non-hydrogen) atoms. The van der Waals surface area contributed by atoms with Gasteiger partial charge in [-0.3, -0.25) is 0 Å². The second-order valence-corrected chi connectivity index (χ2v) is 5.65. The Kier molecular flexibility index (Phi) is 4.36. The maximum atomic E-state index is 13.1. The van der Waals surface area contributed by atoms with Crippen molar-refractivity contribution in [3.63, 3.8) is 0 Å². The van der Waals surface area contributed by atoms with E-state index in [2.05, 4.69) is 5.32 Å². The Morgan fingerprint density at radius 2 is 2.28 bits per heavy atom. The quantitative estimate of drug-likeness (QED) is 0.862. The van der Waals surface area contributed by atoms with Crippen LogP contribution in [0.4, 0.5) is 4.39 Å². The molecule has 2 rings (SSSR count). The molecule has 2 N–H and O–H groups in total. The molecule has 0 aromatic heterocycles. The topological polar surface area (TPSA) is 32.3 Å². The molecule has 1 fully saturated rings. The van der Waals surface area contributed by atoms with Gasteiger partial charge in [-0.2, -0.15) is 0 Å². The number of rotatable bonds is 4. The van der Waals surface area contributed by atoms with E-state index in [0.717, 1.165) is 24.9 Å². The summed E-state index contributed by atoms with van der Waals surface area (Å²) in [5.74, 6) is -0.237. The minimum atomic E-state index is -0.775. The van der Waals surface area contributed by atoms with Crippen molar-refractivity contribution >= 4 is 0 Å². The lowest BCUT2D eigenvalue weighted by Gasteiger charge is -2.31. The maximum Gasteiger partial charge on any atom is 0.123 e. The SMILES string of the molecule is CC(O)(Cc1cccc(F)c1)CC1CCCCN1. The summed E-state index contributed by atoms with van der Waals surface area (Å²) >= 11 is 0. The van der Waals surface area contributed by atoms with Crippen molar-refractivity contribution in [1.82, 2.24) is 5.32 Å². The average molecular weight is 251 g/mol. The van der Waals surface area contributed by atoms with Crippen LogP contribution in [0.25, 0.3) is 0 Å². The van der Waals surface area contributed by atoms with Crippen LogP contribution in [-0.4, -0.2) is 23.3 Å². The van der Waals surface area contributed by atoms with Crippen molar-refractivity contribution in [1.29, 1.82) is 0 Å². The molecule has 2 nitrogen and oxygen atoms in total. The Bertz CT molecular complexity index is 386. The highest BCUT2D eigenvalue weighted by atomic mass is 19.1. The van der Waals surface area contributed by atoms with Crippen LogP contribution in [0.2, 0.25) is 0 Å². The third kappa shape index (κ3) is 4.07. The Balaban J connectivity index is 1.93. The predicted molar refractivity (Wildman–Crippen MR) is 71.0 cm³/mol. The van der Waals surface area contributed by atoms with Crippen LogP contribution in [0.1, 0.15) is 38.2 Å². The molecule has 3 heteroatoms. The van der Waals surface area contributed by atoms with E-state index >= 15 is 0 Å². The van der Waals surface area contributed by atoms with Gasteiger partial charge in [0.15, 0.2) is 0 Å². The van der Waals surface area contributed by atoms with Crippen molar-refractivity contribution in [2.45, 2.75) is 50.7 Å². The molecule has 2 atom stereocenters. The van der Waals surface area contributed by atoms with Crippen molar-refractivity contribution in [2.75, 3.05) is 6.54 Å². The van der Waals surface area contributed by atoms with Crippen LogP contribution in [0.5, 0.6) is 0 Å². The Hall–Kier alpha value is -0.930. The standard InChI is InChI=1S/C15H22FNO/c1-15(18,11-14-7-2-3-8-17-14)10-12-5-4-6-13(16)9-12/h4-6,9,14,17-18H,2-3,7-8,10-11H2,1H3. The van der Waals surface area contributed by atoms with Crippen molar-refractivity contribution in [3.8, 4) is 0 Å². The number of nitrogens with one attached hydrogen (secondary N) is 1. The summed E-state index contributed by atoms with van der Waals surface area (Å²) in [4.78, 5) is 0. The number of hydrogen-bond donors (Lipinski definition) is 2. The largest absolute Gasteiger partial charge is 0.390 e. The lowest BCUT2D eigenvalue weighted by Crippen LogP contribution is -2.41. The molecule has 0 spiro atoms. The fourth-order valence-corrected chi connectivity index (χ4v) is 2.79. The normalized spacial score (nSPS) is 23.6. The first kappa shape index (κ1) is 13.5. The van der Waals surface area contributed by atoms with Crippen LogP contribution in [0.3, 0.4) is 0 Å². The minimum absolute atomic E-state index is 0.237. The maximum absolute atomic E-state index is 13.1. The number of benzene rings is 1. The van der Waals surface area contributed by atoms with E-state index in [1.54, 1.807) is 6.07 Å². The van der Waals surface area contributed by atoms with Gasteiger partial charge in [-0.1, -0.05) is 18.6 Å². The van der Waals surface area contributed by atoms with Crippen LogP contribution < -0.4 is 5.32 Å². The van der Waals surface area contributed by atoms with Crippen LogP contribution >= 0.6 is 0 Å². The fourth-order valence-electron chi connectivity index (χ4n) is 2.79. The summed E-state index contributed by atoms with van der Waals surface area (Å²) in [6.45, 7) is 2.88. The van der Waals surface area contributed by atoms with Crippen molar-refractivity contribution in [3.05, 3.63) is 35.6 Å². The first-order chi connectivity index (χ1) is 8.55. The molecule has 1 saturated heterocycles. The van der Waals surface area contributed by atoms with E-state index in [0.29, 0.717) is 12.5 Å². The van der Waals surface area contributed by atoms with Crippen LogP contribution in [0, 0.1) is 5.82 Å². The molecule has 1 aromatic carbocycles. The Morgan fingerprint density at radius 3 is 2.94 bits per heavy atom. The van der Waals surface area contributed by atoms with Gasteiger partial charge in [-0.15, -0.1) is 0 Å². The van der Waals surface area contributed by atoms with Gasteiger partial charge in [0, 0.05) is 12.5 Å². The first-order valence-corrected chi connectivity index (χ1v) is 6.75. The van der Waals surface area contributed by atoms with Crippen LogP contribution in [0.15, 0.2) is 24.3 Å². The highest BCUT2D eigenvalue weighted by Gasteiger charge is 2.26. The van der Waals surface area contributed by atoms with E-state index in [4.69, 9.17) is 0 Å². The fraction of sp³-hybridized carbons (Fsp3) is 0.600. The van der Waals surface area contributed by atoms with E-state index in [1.165, 1.54) is 25.0 Å². The number of hydrogen-bond acceptors (Lipinski definition) is 2. The van der Waals surface area contributed by atoms with E-state index in [1.807, 2.05) is 13.0 Å². The second kappa shape index (κ2) is 5.81. The lowest BCUT2D eigenvalue weighted by atomic mass is 9.87. The molecule has 1 aromatic rings. The summed E-state index contributed by atoms with van der Waals surface area (Å²) in [6.07, 6.45) is 4.81. The minimum Gasteiger partial charge on any atom is -0.390 e. The average Bonchev–Trinajstić information content (AvgIpc) is 2.28. The lowest BCUT2D eigenvalue weighted by molar-refractivity contribution is 0.0371. The third-order valence-corrected chi connectivity index (χ3v) is 3.57. The van der Waals surface area contributed by atoms with Gasteiger partial charge in [0.05, 0.1) is 5.60 Å². The van der Waals surface area contributed by atoms with E-state index < -0.39 is 5.60 Å². The Labute approximate surface area is 108 Å². The number of piperidine rings is 1. The molecular formula is C15H22FNO. The number of halogens is 1. The highest BCUT2D eigenvalue weighted by molar-refractivity contribution is 5.18. The van der Waals surface area contributed by atoms with Gasteiger partial charge in [-0.05, 0) is 50.4 Å². The van der Waals surface area contributed by atoms with E-state index in [9.17, 15) is 9.50 Å². The molecule has 1 heterocycles. The monoisotopic (exact) mass is 251 g/mol. The van der Waals surface area contributed by atoms with Crippen molar-refractivity contribution < 1.29 is 9.50 Å². The summed E-state index contributed by atoms with van der Waals surface area (Å²) in [7, 11) is 0. The zero-order valence-electron chi connectivity index (χ0n) is 11.0.